The van der Waals surface area contributed by atoms with E-state index >= 15 is 0 Å². The lowest BCUT2D eigenvalue weighted by Crippen LogP contribution is -2.53. The summed E-state index contributed by atoms with van der Waals surface area (Å²) in [6.45, 7) is 8.51. The van der Waals surface area contributed by atoms with Crippen LogP contribution in [0.1, 0.15) is 47.4 Å². The summed E-state index contributed by atoms with van der Waals surface area (Å²) in [4.78, 5) is 44.0. The van der Waals surface area contributed by atoms with Crippen LogP contribution < -0.4 is 9.64 Å². The molecule has 2 amide bonds. The van der Waals surface area contributed by atoms with E-state index in [9.17, 15) is 9.59 Å². The zero-order chi connectivity index (χ0) is 30.3. The molecular weight excluding hydrogens is 562 g/mol. The van der Waals surface area contributed by atoms with E-state index in [1.54, 1.807) is 30.6 Å². The molecule has 2 fully saturated rings. The summed E-state index contributed by atoms with van der Waals surface area (Å²) in [7, 11) is 0. The number of rotatable bonds is 11. The number of amides is 2. The molecule has 4 aromatic rings. The molecule has 228 valence electrons. The third-order valence-electron chi connectivity index (χ3n) is 8.56. The number of nitrogens with one attached hydrogen (secondary N) is 1. The summed E-state index contributed by atoms with van der Waals surface area (Å²) in [6, 6.07) is 15.0. The Bertz CT molecular complexity index is 1670. The fourth-order valence-electron chi connectivity index (χ4n) is 5.76. The number of nitrogens with zero attached hydrogens (tertiary/aromatic N) is 6. The van der Waals surface area contributed by atoms with Gasteiger partial charge in [-0.1, -0.05) is 12.1 Å². The highest BCUT2D eigenvalue weighted by atomic mass is 16.7. The third kappa shape index (κ3) is 5.63. The summed E-state index contributed by atoms with van der Waals surface area (Å²) in [5.74, 6) is 0.844. The van der Waals surface area contributed by atoms with Crippen molar-refractivity contribution in [2.24, 2.45) is 0 Å². The van der Waals surface area contributed by atoms with Crippen LogP contribution >= 0.6 is 0 Å². The molecule has 2 aliphatic heterocycles. The van der Waals surface area contributed by atoms with Crippen LogP contribution in [0.25, 0.3) is 22.3 Å². The molecule has 7 rings (SSSR count). The quantitative estimate of drug-likeness (QED) is 0.202. The first-order chi connectivity index (χ1) is 21.4. The average molecular weight is 598 g/mol. The second-order valence-corrected chi connectivity index (χ2v) is 11.8. The normalized spacial score (nSPS) is 19.5. The molecule has 4 heterocycles. The van der Waals surface area contributed by atoms with E-state index in [2.05, 4.69) is 43.8 Å². The number of aromatic amines is 1. The Hall–Kier alpha value is -4.39. The summed E-state index contributed by atoms with van der Waals surface area (Å²) in [5.41, 5.74) is 3.16. The van der Waals surface area contributed by atoms with E-state index < -0.39 is 11.8 Å². The number of H-pyrrole nitrogens is 1. The molecule has 1 saturated carbocycles. The highest BCUT2D eigenvalue weighted by molar-refractivity contribution is 6.20. The zero-order valence-corrected chi connectivity index (χ0v) is 24.9. The highest BCUT2D eigenvalue weighted by Gasteiger charge is 2.40. The molecule has 3 aliphatic rings. The number of piperazine rings is 1. The Balaban J connectivity index is 0.894. The largest absolute Gasteiger partial charge is 0.488 e. The molecule has 0 bridgehead atoms. The molecule has 1 saturated heterocycles. The summed E-state index contributed by atoms with van der Waals surface area (Å²) < 4.78 is 11.9. The van der Waals surface area contributed by atoms with Gasteiger partial charge < -0.3 is 14.4 Å². The van der Waals surface area contributed by atoms with Gasteiger partial charge >= 0.3 is 0 Å². The van der Waals surface area contributed by atoms with Gasteiger partial charge in [0, 0.05) is 43.7 Å². The van der Waals surface area contributed by atoms with Crippen molar-refractivity contribution < 1.29 is 23.9 Å². The molecule has 0 radical (unpaired) electrons. The van der Waals surface area contributed by atoms with Crippen molar-refractivity contribution in [2.45, 2.75) is 38.3 Å². The topological polar surface area (TPSA) is 126 Å². The van der Waals surface area contributed by atoms with E-state index in [1.807, 2.05) is 24.3 Å². The SMILES string of the molecule is C[C@H]1CN(c2cc(-c3n[nH]c4ccc(OC5(C)CC5)cc34)ncn2)CCN1CCOCCON1C(=O)c2ccccc2C1=O. The molecule has 44 heavy (non-hydrogen) atoms. The van der Waals surface area contributed by atoms with Crippen LogP contribution in [0.2, 0.25) is 0 Å². The Morgan fingerprint density at radius 3 is 2.52 bits per heavy atom. The van der Waals surface area contributed by atoms with Gasteiger partial charge in [-0.2, -0.15) is 5.10 Å². The number of carbonyl (C=O) groups is 2. The number of benzene rings is 2. The number of hydroxylamine groups is 2. The van der Waals surface area contributed by atoms with Gasteiger partial charge in [0.15, 0.2) is 0 Å². The standard InChI is InChI=1S/C32H35N7O5/c1-21-19-38(12-11-37(21)13-14-42-15-16-43-39-30(40)23-5-3-4-6-24(23)31(39)41)28-18-27(33-20-34-28)29-25-17-22(44-32(2)9-10-32)7-8-26(25)35-36-29/h3-8,17-18,20-21H,9-16,19H2,1-2H3,(H,35,36)/t21-/m0/s1. The van der Waals surface area contributed by atoms with Gasteiger partial charge in [-0.15, -0.1) is 5.06 Å². The lowest BCUT2D eigenvalue weighted by atomic mass is 10.1. The van der Waals surface area contributed by atoms with Gasteiger partial charge in [-0.3, -0.25) is 24.4 Å². The van der Waals surface area contributed by atoms with E-state index in [1.165, 1.54) is 0 Å². The molecule has 0 unspecified atom stereocenters. The monoisotopic (exact) mass is 597 g/mol. The lowest BCUT2D eigenvalue weighted by molar-refractivity contribution is -0.106. The average Bonchev–Trinajstić information content (AvgIpc) is 3.52. The first-order valence-electron chi connectivity index (χ1n) is 15.1. The van der Waals surface area contributed by atoms with Gasteiger partial charge in [-0.25, -0.2) is 9.97 Å². The summed E-state index contributed by atoms with van der Waals surface area (Å²) in [6.07, 6.45) is 3.76. The van der Waals surface area contributed by atoms with Crippen LogP contribution in [0.5, 0.6) is 5.75 Å². The van der Waals surface area contributed by atoms with Gasteiger partial charge in [0.1, 0.15) is 29.2 Å². The Labute approximate surface area is 254 Å². The molecule has 1 N–H and O–H groups in total. The van der Waals surface area contributed by atoms with E-state index in [-0.39, 0.29) is 24.9 Å². The van der Waals surface area contributed by atoms with Gasteiger partial charge in [0.05, 0.1) is 42.2 Å². The van der Waals surface area contributed by atoms with Crippen LogP contribution in [0.3, 0.4) is 0 Å². The molecule has 2 aromatic carbocycles. The van der Waals surface area contributed by atoms with Crippen LogP contribution in [0.4, 0.5) is 5.82 Å². The number of carbonyl (C=O) groups excluding carboxylic acids is 2. The molecule has 0 spiro atoms. The first kappa shape index (κ1) is 28.4. The maximum absolute atomic E-state index is 12.4. The Kier molecular flexibility index (Phi) is 7.48. The minimum Gasteiger partial charge on any atom is -0.488 e. The number of hydrogen-bond acceptors (Lipinski definition) is 10. The van der Waals surface area contributed by atoms with Gasteiger partial charge in [-0.05, 0) is 57.0 Å². The second kappa shape index (κ2) is 11.6. The van der Waals surface area contributed by atoms with Crippen molar-refractivity contribution in [3.05, 3.63) is 66.0 Å². The van der Waals surface area contributed by atoms with Crippen LogP contribution in [0.15, 0.2) is 54.9 Å². The zero-order valence-electron chi connectivity index (χ0n) is 24.9. The van der Waals surface area contributed by atoms with Crippen molar-refractivity contribution in [1.29, 1.82) is 0 Å². The fraction of sp³-hybridized carbons (Fsp3) is 0.406. The third-order valence-corrected chi connectivity index (χ3v) is 8.56. The van der Waals surface area contributed by atoms with Crippen LogP contribution in [-0.2, 0) is 9.57 Å². The molecule has 12 heteroatoms. The lowest BCUT2D eigenvalue weighted by Gasteiger charge is -2.40. The highest BCUT2D eigenvalue weighted by Crippen LogP contribution is 2.40. The molecule has 1 aliphatic carbocycles. The number of fused-ring (bicyclic) bond motifs is 2. The number of hydrogen-bond donors (Lipinski definition) is 1. The predicted octanol–water partition coefficient (Wildman–Crippen LogP) is 3.71. The predicted molar refractivity (Wildman–Crippen MR) is 162 cm³/mol. The maximum Gasteiger partial charge on any atom is 0.285 e. The Morgan fingerprint density at radius 1 is 0.977 bits per heavy atom. The minimum atomic E-state index is -0.437. The number of aromatic nitrogens is 4. The molecule has 12 nitrogen and oxygen atoms in total. The minimum absolute atomic E-state index is 0.0521. The number of anilines is 1. The molecule has 2 aromatic heterocycles. The van der Waals surface area contributed by atoms with Gasteiger partial charge in [0.2, 0.25) is 0 Å². The van der Waals surface area contributed by atoms with E-state index in [0.717, 1.165) is 77.9 Å². The van der Waals surface area contributed by atoms with Gasteiger partial charge in [0.25, 0.3) is 11.8 Å². The Morgan fingerprint density at radius 2 is 1.77 bits per heavy atom. The van der Waals surface area contributed by atoms with Crippen molar-refractivity contribution in [2.75, 3.05) is 50.9 Å². The molecular formula is C32H35N7O5. The van der Waals surface area contributed by atoms with Crippen LogP contribution in [0, 0.1) is 0 Å². The fourth-order valence-corrected chi connectivity index (χ4v) is 5.76. The van der Waals surface area contributed by atoms with Crippen molar-refractivity contribution in [1.82, 2.24) is 30.1 Å². The van der Waals surface area contributed by atoms with Crippen molar-refractivity contribution in [3.63, 3.8) is 0 Å². The summed E-state index contributed by atoms with van der Waals surface area (Å²) in [5, 5.41) is 9.49. The first-order valence-corrected chi connectivity index (χ1v) is 15.1. The number of imide groups is 1. The second-order valence-electron chi connectivity index (χ2n) is 11.8. The van der Waals surface area contributed by atoms with Crippen LogP contribution in [-0.4, -0.2) is 99.6 Å². The maximum atomic E-state index is 12.4. The number of ether oxygens (including phenoxy) is 2. The smallest absolute Gasteiger partial charge is 0.285 e. The van der Waals surface area contributed by atoms with E-state index in [0.29, 0.717) is 17.7 Å². The van der Waals surface area contributed by atoms with E-state index in [4.69, 9.17) is 14.3 Å². The van der Waals surface area contributed by atoms with Crippen molar-refractivity contribution in [3.8, 4) is 17.1 Å². The molecule has 1 atom stereocenters. The van der Waals surface area contributed by atoms with Crippen molar-refractivity contribution >= 4 is 28.5 Å². The summed E-state index contributed by atoms with van der Waals surface area (Å²) >= 11 is 0.